The van der Waals surface area contributed by atoms with Crippen LogP contribution in [0.25, 0.3) is 0 Å². The van der Waals surface area contributed by atoms with Gasteiger partial charge in [0.2, 0.25) is 0 Å². The zero-order valence-corrected chi connectivity index (χ0v) is 8.79. The summed E-state index contributed by atoms with van der Waals surface area (Å²) in [4.78, 5) is 11.4. The highest BCUT2D eigenvalue weighted by Gasteiger charge is 2.09. The predicted molar refractivity (Wildman–Crippen MR) is 55.5 cm³/mol. The minimum atomic E-state index is -0.591. The van der Waals surface area contributed by atoms with E-state index in [1.54, 1.807) is 13.0 Å². The molecule has 0 atom stereocenters. The van der Waals surface area contributed by atoms with Crippen molar-refractivity contribution in [2.24, 2.45) is 0 Å². The van der Waals surface area contributed by atoms with Gasteiger partial charge in [-0.2, -0.15) is 5.26 Å². The number of rotatable bonds is 4. The van der Waals surface area contributed by atoms with Crippen molar-refractivity contribution >= 4 is 5.91 Å². The second kappa shape index (κ2) is 5.71. The lowest BCUT2D eigenvalue weighted by atomic mass is 10.2. The lowest BCUT2D eigenvalue weighted by Gasteiger charge is -2.06. The van der Waals surface area contributed by atoms with Crippen LogP contribution in [-0.4, -0.2) is 19.1 Å². The fraction of sp³-hybridized carbons (Fsp3) is 0.273. The first-order valence-corrected chi connectivity index (χ1v) is 4.76. The highest BCUT2D eigenvalue weighted by molar-refractivity contribution is 5.94. The third kappa shape index (κ3) is 2.95. The number of benzene rings is 1. The summed E-state index contributed by atoms with van der Waals surface area (Å²) in [5.41, 5.74) is 0.163. The second-order valence-electron chi connectivity index (χ2n) is 2.92. The highest BCUT2D eigenvalue weighted by atomic mass is 19.1. The van der Waals surface area contributed by atoms with E-state index < -0.39 is 11.7 Å². The molecule has 1 N–H and O–H groups in total. The fourth-order valence-electron chi connectivity index (χ4n) is 1.14. The maximum Gasteiger partial charge on any atom is 0.252 e. The van der Waals surface area contributed by atoms with Crippen LogP contribution in [0.1, 0.15) is 17.3 Å². The second-order valence-corrected chi connectivity index (χ2v) is 2.92. The molecule has 0 aliphatic carbocycles. The molecule has 0 saturated heterocycles. The van der Waals surface area contributed by atoms with Crippen LogP contribution in [0.15, 0.2) is 18.2 Å². The van der Waals surface area contributed by atoms with Crippen LogP contribution in [0.2, 0.25) is 0 Å². The van der Waals surface area contributed by atoms with Gasteiger partial charge in [-0.25, -0.2) is 4.39 Å². The first kappa shape index (κ1) is 12.0. The monoisotopic (exact) mass is 222 g/mol. The predicted octanol–water partition coefficient (Wildman–Crippen LogP) is 1.48. The molecule has 0 spiro atoms. The Hall–Kier alpha value is -2.09. The van der Waals surface area contributed by atoms with E-state index in [2.05, 4.69) is 5.32 Å². The molecular formula is C11H11FN2O2. The van der Waals surface area contributed by atoms with Crippen molar-refractivity contribution in [1.82, 2.24) is 5.32 Å². The Bertz CT molecular complexity index is 426. The van der Waals surface area contributed by atoms with Crippen LogP contribution in [-0.2, 0) is 0 Å². The van der Waals surface area contributed by atoms with E-state index in [0.29, 0.717) is 6.61 Å². The van der Waals surface area contributed by atoms with Crippen molar-refractivity contribution in [2.45, 2.75) is 6.92 Å². The summed E-state index contributed by atoms with van der Waals surface area (Å²) in [5, 5.41) is 10.6. The van der Waals surface area contributed by atoms with E-state index in [1.807, 2.05) is 0 Å². The van der Waals surface area contributed by atoms with Gasteiger partial charge >= 0.3 is 0 Å². The lowest BCUT2D eigenvalue weighted by Crippen LogP contribution is -2.23. The van der Waals surface area contributed by atoms with Gasteiger partial charge in [-0.1, -0.05) is 0 Å². The van der Waals surface area contributed by atoms with Crippen molar-refractivity contribution in [3.63, 3.8) is 0 Å². The molecule has 0 fully saturated rings. The van der Waals surface area contributed by atoms with Crippen molar-refractivity contribution in [2.75, 3.05) is 13.2 Å². The number of ether oxygens (including phenoxy) is 1. The molecule has 0 radical (unpaired) electrons. The number of nitriles is 1. The molecule has 0 aromatic heterocycles. The quantitative estimate of drug-likeness (QED) is 0.785. The first-order valence-electron chi connectivity index (χ1n) is 4.76. The third-order valence-electron chi connectivity index (χ3n) is 1.82. The van der Waals surface area contributed by atoms with Gasteiger partial charge in [0.1, 0.15) is 6.54 Å². The van der Waals surface area contributed by atoms with E-state index in [0.717, 1.165) is 6.07 Å². The first-order chi connectivity index (χ1) is 7.69. The summed E-state index contributed by atoms with van der Waals surface area (Å²) >= 11 is 0. The molecule has 4 nitrogen and oxygen atoms in total. The standard InChI is InChI=1S/C11H11FN2O2/c1-2-16-10-4-3-8(7-9(10)12)11(15)14-6-5-13/h3-4,7H,2,6H2,1H3,(H,14,15). The molecule has 0 unspecified atom stereocenters. The smallest absolute Gasteiger partial charge is 0.252 e. The Morgan fingerprint density at radius 2 is 2.38 bits per heavy atom. The van der Waals surface area contributed by atoms with Crippen molar-refractivity contribution in [3.05, 3.63) is 29.6 Å². The number of carbonyl (C=O) groups excluding carboxylic acids is 1. The SMILES string of the molecule is CCOc1ccc(C(=O)NCC#N)cc1F. The fourth-order valence-corrected chi connectivity index (χ4v) is 1.14. The largest absolute Gasteiger partial charge is 0.491 e. The number of halogens is 1. The van der Waals surface area contributed by atoms with Gasteiger partial charge in [0, 0.05) is 5.56 Å². The minimum absolute atomic E-state index is 0.104. The zero-order chi connectivity index (χ0) is 12.0. The van der Waals surface area contributed by atoms with Crippen LogP contribution in [0, 0.1) is 17.1 Å². The van der Waals surface area contributed by atoms with Crippen molar-refractivity contribution in [3.8, 4) is 11.8 Å². The molecule has 84 valence electrons. The van der Waals surface area contributed by atoms with Gasteiger partial charge in [-0.15, -0.1) is 0 Å². The number of hydrogen-bond acceptors (Lipinski definition) is 3. The van der Waals surface area contributed by atoms with E-state index in [-0.39, 0.29) is 17.9 Å². The molecule has 0 heterocycles. The Balaban J connectivity index is 2.80. The highest BCUT2D eigenvalue weighted by Crippen LogP contribution is 2.18. The third-order valence-corrected chi connectivity index (χ3v) is 1.82. The molecule has 16 heavy (non-hydrogen) atoms. The molecular weight excluding hydrogens is 211 g/mol. The number of hydrogen-bond donors (Lipinski definition) is 1. The van der Waals surface area contributed by atoms with Crippen LogP contribution < -0.4 is 10.1 Å². The number of amides is 1. The topological polar surface area (TPSA) is 62.1 Å². The number of nitrogens with zero attached hydrogens (tertiary/aromatic N) is 1. The summed E-state index contributed by atoms with van der Waals surface area (Å²) in [6, 6.07) is 5.68. The molecule has 1 amide bonds. The number of carbonyl (C=O) groups is 1. The Labute approximate surface area is 92.6 Å². The van der Waals surface area contributed by atoms with E-state index in [4.69, 9.17) is 10.00 Å². The van der Waals surface area contributed by atoms with Gasteiger partial charge in [-0.05, 0) is 25.1 Å². The molecule has 0 aliphatic heterocycles. The zero-order valence-electron chi connectivity index (χ0n) is 8.79. The average molecular weight is 222 g/mol. The summed E-state index contributed by atoms with van der Waals surface area (Å²) in [6.07, 6.45) is 0. The molecule has 1 aromatic carbocycles. The van der Waals surface area contributed by atoms with Crippen LogP contribution in [0.5, 0.6) is 5.75 Å². The van der Waals surface area contributed by atoms with Crippen molar-refractivity contribution in [1.29, 1.82) is 5.26 Å². The van der Waals surface area contributed by atoms with E-state index in [1.165, 1.54) is 12.1 Å². The van der Waals surface area contributed by atoms with E-state index in [9.17, 15) is 9.18 Å². The molecule has 0 saturated carbocycles. The molecule has 0 bridgehead atoms. The van der Waals surface area contributed by atoms with Gasteiger partial charge < -0.3 is 10.1 Å². The lowest BCUT2D eigenvalue weighted by molar-refractivity contribution is 0.0958. The van der Waals surface area contributed by atoms with Crippen LogP contribution in [0.3, 0.4) is 0 Å². The summed E-state index contributed by atoms with van der Waals surface area (Å²) in [5.74, 6) is -0.964. The summed E-state index contributed by atoms with van der Waals surface area (Å²) < 4.78 is 18.3. The van der Waals surface area contributed by atoms with Gasteiger partial charge in [0.05, 0.1) is 12.7 Å². The van der Waals surface area contributed by atoms with E-state index >= 15 is 0 Å². The Kier molecular flexibility index (Phi) is 4.28. The van der Waals surface area contributed by atoms with Gasteiger partial charge in [-0.3, -0.25) is 4.79 Å². The van der Waals surface area contributed by atoms with Crippen molar-refractivity contribution < 1.29 is 13.9 Å². The van der Waals surface area contributed by atoms with Crippen LogP contribution in [0.4, 0.5) is 4.39 Å². The molecule has 5 heteroatoms. The Morgan fingerprint density at radius 3 is 2.94 bits per heavy atom. The van der Waals surface area contributed by atoms with Gasteiger partial charge in [0.15, 0.2) is 11.6 Å². The average Bonchev–Trinajstić information content (AvgIpc) is 2.29. The van der Waals surface area contributed by atoms with Gasteiger partial charge in [0.25, 0.3) is 5.91 Å². The maximum absolute atomic E-state index is 13.3. The number of nitrogens with one attached hydrogen (secondary N) is 1. The normalized spacial score (nSPS) is 9.31. The molecule has 1 rings (SSSR count). The molecule has 1 aromatic rings. The minimum Gasteiger partial charge on any atom is -0.491 e. The Morgan fingerprint density at radius 1 is 1.62 bits per heavy atom. The van der Waals surface area contributed by atoms with Crippen LogP contribution >= 0.6 is 0 Å². The maximum atomic E-state index is 13.3. The molecule has 0 aliphatic rings. The summed E-state index contributed by atoms with van der Waals surface area (Å²) in [7, 11) is 0. The summed E-state index contributed by atoms with van der Waals surface area (Å²) in [6.45, 7) is 2.00.